The first-order valence-electron chi connectivity index (χ1n) is 5.22. The number of nitrogens with zero attached hydrogens (tertiary/aromatic N) is 1. The molecule has 0 aromatic carbocycles. The molecule has 1 atom stereocenters. The molecule has 2 N–H and O–H groups in total. The van der Waals surface area contributed by atoms with Gasteiger partial charge >= 0.3 is 0 Å². The van der Waals surface area contributed by atoms with E-state index in [4.69, 9.17) is 27.4 Å². The van der Waals surface area contributed by atoms with Crippen LogP contribution in [0.5, 0.6) is 5.75 Å². The van der Waals surface area contributed by atoms with E-state index in [-0.39, 0.29) is 4.99 Å². The molecule has 0 saturated carbocycles. The third-order valence-electron chi connectivity index (χ3n) is 2.49. The number of nitrogens with two attached hydrogens (primary N) is 1. The van der Waals surface area contributed by atoms with E-state index < -0.39 is 0 Å². The predicted molar refractivity (Wildman–Crippen MR) is 64.5 cm³/mol. The Balaban J connectivity index is 1.93. The third kappa shape index (κ3) is 2.90. The van der Waals surface area contributed by atoms with E-state index in [1.807, 2.05) is 0 Å². The molecule has 1 fully saturated rings. The zero-order chi connectivity index (χ0) is 11.4. The van der Waals surface area contributed by atoms with Gasteiger partial charge in [-0.15, -0.1) is 0 Å². The molecule has 1 aromatic rings. The lowest BCUT2D eigenvalue weighted by Gasteiger charge is -2.10. The van der Waals surface area contributed by atoms with Crippen molar-refractivity contribution in [2.75, 3.05) is 19.8 Å². The van der Waals surface area contributed by atoms with Crippen LogP contribution in [0, 0.1) is 5.92 Å². The Morgan fingerprint density at radius 3 is 3.25 bits per heavy atom. The highest BCUT2D eigenvalue weighted by atomic mass is 32.1. The van der Waals surface area contributed by atoms with Crippen molar-refractivity contribution in [3.8, 4) is 5.75 Å². The Kier molecular flexibility index (Phi) is 3.69. The normalized spacial score (nSPS) is 19.6. The lowest BCUT2D eigenvalue weighted by Crippen LogP contribution is -2.14. The van der Waals surface area contributed by atoms with Gasteiger partial charge in [0.2, 0.25) is 0 Å². The van der Waals surface area contributed by atoms with Gasteiger partial charge in [0.1, 0.15) is 16.4 Å². The molecule has 4 nitrogen and oxygen atoms in total. The molecule has 1 aromatic heterocycles. The van der Waals surface area contributed by atoms with Crippen LogP contribution in [0.25, 0.3) is 0 Å². The van der Waals surface area contributed by atoms with Crippen LogP contribution in [0.1, 0.15) is 12.1 Å². The number of hydrogen-bond acceptors (Lipinski definition) is 4. The van der Waals surface area contributed by atoms with E-state index in [1.165, 1.54) is 0 Å². The Morgan fingerprint density at radius 1 is 1.69 bits per heavy atom. The van der Waals surface area contributed by atoms with Crippen LogP contribution in [0.2, 0.25) is 0 Å². The van der Waals surface area contributed by atoms with E-state index in [0.717, 1.165) is 25.4 Å². The van der Waals surface area contributed by atoms with E-state index in [2.05, 4.69) is 4.98 Å². The quantitative estimate of drug-likeness (QED) is 0.797. The minimum absolute atomic E-state index is 0.287. The molecule has 0 bridgehead atoms. The Morgan fingerprint density at radius 2 is 2.56 bits per heavy atom. The molecule has 1 unspecified atom stereocenters. The van der Waals surface area contributed by atoms with Gasteiger partial charge in [-0.1, -0.05) is 12.2 Å². The molecule has 1 aliphatic rings. The van der Waals surface area contributed by atoms with E-state index in [1.54, 1.807) is 18.3 Å². The van der Waals surface area contributed by atoms with Crippen molar-refractivity contribution >= 4 is 17.2 Å². The summed E-state index contributed by atoms with van der Waals surface area (Å²) in [4.78, 5) is 4.33. The summed E-state index contributed by atoms with van der Waals surface area (Å²) in [6.45, 7) is 2.29. The van der Waals surface area contributed by atoms with Crippen molar-refractivity contribution in [2.45, 2.75) is 6.42 Å². The molecule has 0 amide bonds. The Hall–Kier alpha value is -1.20. The SMILES string of the molecule is NC(=S)c1cc(OCC2CCOC2)ccn1. The van der Waals surface area contributed by atoms with Gasteiger partial charge in [0.25, 0.3) is 0 Å². The second kappa shape index (κ2) is 5.23. The molecule has 1 aliphatic heterocycles. The lowest BCUT2D eigenvalue weighted by molar-refractivity contribution is 0.167. The first-order valence-corrected chi connectivity index (χ1v) is 5.63. The monoisotopic (exact) mass is 238 g/mol. The van der Waals surface area contributed by atoms with Crippen molar-refractivity contribution < 1.29 is 9.47 Å². The third-order valence-corrected chi connectivity index (χ3v) is 2.70. The summed E-state index contributed by atoms with van der Waals surface area (Å²) >= 11 is 4.85. The second-order valence-corrected chi connectivity index (χ2v) is 4.22. The largest absolute Gasteiger partial charge is 0.493 e. The molecule has 16 heavy (non-hydrogen) atoms. The molecular weight excluding hydrogens is 224 g/mol. The highest BCUT2D eigenvalue weighted by molar-refractivity contribution is 7.80. The van der Waals surface area contributed by atoms with Gasteiger partial charge in [0, 0.05) is 24.8 Å². The first-order chi connectivity index (χ1) is 7.75. The molecule has 2 rings (SSSR count). The molecule has 2 heterocycles. The van der Waals surface area contributed by atoms with Gasteiger partial charge < -0.3 is 15.2 Å². The molecule has 0 aliphatic carbocycles. The standard InChI is InChI=1S/C11H14N2O2S/c12-11(16)10-5-9(1-3-13-10)15-7-8-2-4-14-6-8/h1,3,5,8H,2,4,6-7H2,(H2,12,16). The molecule has 5 heteroatoms. The van der Waals surface area contributed by atoms with Crippen LogP contribution in [0.4, 0.5) is 0 Å². The average molecular weight is 238 g/mol. The molecule has 1 saturated heterocycles. The van der Waals surface area contributed by atoms with Crippen LogP contribution in [0.15, 0.2) is 18.3 Å². The summed E-state index contributed by atoms with van der Waals surface area (Å²) in [7, 11) is 0. The van der Waals surface area contributed by atoms with Crippen LogP contribution >= 0.6 is 12.2 Å². The van der Waals surface area contributed by atoms with Crippen LogP contribution in [0.3, 0.4) is 0 Å². The summed E-state index contributed by atoms with van der Waals surface area (Å²) in [6, 6.07) is 3.57. The van der Waals surface area contributed by atoms with Gasteiger partial charge in [-0.05, 0) is 12.5 Å². The summed E-state index contributed by atoms with van der Waals surface area (Å²) < 4.78 is 10.9. The summed E-state index contributed by atoms with van der Waals surface area (Å²) in [5.41, 5.74) is 6.09. The van der Waals surface area contributed by atoms with Crippen molar-refractivity contribution in [3.63, 3.8) is 0 Å². The fourth-order valence-electron chi connectivity index (χ4n) is 1.56. The van der Waals surface area contributed by atoms with E-state index in [0.29, 0.717) is 18.2 Å². The lowest BCUT2D eigenvalue weighted by atomic mass is 10.1. The molecule has 0 radical (unpaired) electrons. The van der Waals surface area contributed by atoms with E-state index >= 15 is 0 Å². The van der Waals surface area contributed by atoms with Gasteiger partial charge in [-0.3, -0.25) is 4.98 Å². The van der Waals surface area contributed by atoms with E-state index in [9.17, 15) is 0 Å². The number of ether oxygens (including phenoxy) is 2. The number of hydrogen-bond donors (Lipinski definition) is 1. The van der Waals surface area contributed by atoms with Crippen LogP contribution in [-0.2, 0) is 4.74 Å². The topological polar surface area (TPSA) is 57.4 Å². The van der Waals surface area contributed by atoms with Crippen LogP contribution < -0.4 is 10.5 Å². The Labute approximate surface area is 99.8 Å². The van der Waals surface area contributed by atoms with Crippen molar-refractivity contribution in [2.24, 2.45) is 11.7 Å². The highest BCUT2D eigenvalue weighted by Crippen LogP contribution is 2.16. The number of thiocarbonyl (C=S) groups is 1. The maximum absolute atomic E-state index is 5.65. The Bertz CT molecular complexity index is 378. The zero-order valence-electron chi connectivity index (χ0n) is 8.89. The van der Waals surface area contributed by atoms with Crippen molar-refractivity contribution in [1.29, 1.82) is 0 Å². The van der Waals surface area contributed by atoms with Gasteiger partial charge in [0.05, 0.1) is 13.2 Å². The first kappa shape index (κ1) is 11.3. The number of rotatable bonds is 4. The number of pyridine rings is 1. The van der Waals surface area contributed by atoms with Crippen molar-refractivity contribution in [3.05, 3.63) is 24.0 Å². The molecule has 86 valence electrons. The molecular formula is C11H14N2O2S. The fraction of sp³-hybridized carbons (Fsp3) is 0.455. The fourth-order valence-corrected chi connectivity index (χ4v) is 1.68. The van der Waals surface area contributed by atoms with Crippen molar-refractivity contribution in [1.82, 2.24) is 4.98 Å². The minimum Gasteiger partial charge on any atom is -0.493 e. The number of aromatic nitrogens is 1. The second-order valence-electron chi connectivity index (χ2n) is 3.78. The van der Waals surface area contributed by atoms with Gasteiger partial charge in [-0.2, -0.15) is 0 Å². The summed E-state index contributed by atoms with van der Waals surface area (Å²) in [5, 5.41) is 0. The maximum atomic E-state index is 5.65. The highest BCUT2D eigenvalue weighted by Gasteiger charge is 2.16. The summed E-state index contributed by atoms with van der Waals surface area (Å²) in [5.74, 6) is 1.24. The van der Waals surface area contributed by atoms with Crippen LogP contribution in [-0.4, -0.2) is 29.8 Å². The average Bonchev–Trinajstić information content (AvgIpc) is 2.79. The van der Waals surface area contributed by atoms with Gasteiger partial charge in [-0.25, -0.2) is 0 Å². The maximum Gasteiger partial charge on any atom is 0.123 e. The summed E-state index contributed by atoms with van der Waals surface area (Å²) in [6.07, 6.45) is 2.71. The zero-order valence-corrected chi connectivity index (χ0v) is 9.70. The minimum atomic E-state index is 0.287. The smallest absolute Gasteiger partial charge is 0.123 e. The molecule has 0 spiro atoms. The predicted octanol–water partition coefficient (Wildman–Crippen LogP) is 1.13. The van der Waals surface area contributed by atoms with Gasteiger partial charge in [0.15, 0.2) is 0 Å².